The summed E-state index contributed by atoms with van der Waals surface area (Å²) < 4.78 is 25.5. The van der Waals surface area contributed by atoms with Gasteiger partial charge in [0.05, 0.1) is 18.8 Å². The maximum Gasteiger partial charge on any atom is 0.241 e. The lowest BCUT2D eigenvalue weighted by molar-refractivity contribution is -0.171. The average Bonchev–Trinajstić information content (AvgIpc) is 3.44. The molecule has 3 atom stereocenters. The number of carbonyl (C=O) groups is 1. The van der Waals surface area contributed by atoms with E-state index in [-0.39, 0.29) is 36.2 Å². The van der Waals surface area contributed by atoms with Gasteiger partial charge in [0.1, 0.15) is 5.54 Å². The quantitative estimate of drug-likeness (QED) is 0.679. The van der Waals surface area contributed by atoms with E-state index >= 15 is 0 Å². The SMILES string of the molecule is CCOC1CC(N)(C(=O)NC(C)c2ccc(OCC3CC3)c(F)c2)C1(C)C.Cl. The van der Waals surface area contributed by atoms with Crippen LogP contribution < -0.4 is 15.8 Å². The predicted octanol–water partition coefficient (Wildman–Crippen LogP) is 3.75. The fourth-order valence-electron chi connectivity index (χ4n) is 3.62. The summed E-state index contributed by atoms with van der Waals surface area (Å²) in [6, 6.07) is 4.48. The Hall–Kier alpha value is -1.37. The Morgan fingerprint density at radius 3 is 2.61 bits per heavy atom. The van der Waals surface area contributed by atoms with Gasteiger partial charge in [-0.3, -0.25) is 4.79 Å². The summed E-state index contributed by atoms with van der Waals surface area (Å²) in [4.78, 5) is 12.8. The maximum atomic E-state index is 14.3. The summed E-state index contributed by atoms with van der Waals surface area (Å²) >= 11 is 0. The van der Waals surface area contributed by atoms with Gasteiger partial charge in [-0.15, -0.1) is 12.4 Å². The number of hydrogen-bond acceptors (Lipinski definition) is 4. The molecule has 2 fully saturated rings. The highest BCUT2D eigenvalue weighted by molar-refractivity contribution is 5.89. The minimum absolute atomic E-state index is 0. The summed E-state index contributed by atoms with van der Waals surface area (Å²) in [5.74, 6) is 0.191. The van der Waals surface area contributed by atoms with Crippen LogP contribution in [0.1, 0.15) is 58.6 Å². The lowest BCUT2D eigenvalue weighted by atomic mass is 9.54. The molecule has 0 bridgehead atoms. The normalized spacial score (nSPS) is 26.6. The smallest absolute Gasteiger partial charge is 0.241 e. The molecule has 3 N–H and O–H groups in total. The summed E-state index contributed by atoms with van der Waals surface area (Å²) in [5, 5.41) is 2.94. The minimum atomic E-state index is -0.993. The molecule has 0 aromatic heterocycles. The van der Waals surface area contributed by atoms with Crippen molar-refractivity contribution in [2.75, 3.05) is 13.2 Å². The summed E-state index contributed by atoms with van der Waals surface area (Å²) in [6.07, 6.45) is 2.76. The van der Waals surface area contributed by atoms with Crippen LogP contribution in [0.2, 0.25) is 0 Å². The van der Waals surface area contributed by atoms with Gasteiger partial charge < -0.3 is 20.5 Å². The minimum Gasteiger partial charge on any atom is -0.490 e. The van der Waals surface area contributed by atoms with E-state index in [9.17, 15) is 9.18 Å². The van der Waals surface area contributed by atoms with Gasteiger partial charge >= 0.3 is 0 Å². The van der Waals surface area contributed by atoms with E-state index in [0.717, 1.165) is 12.8 Å². The van der Waals surface area contributed by atoms with Crippen molar-refractivity contribution in [3.8, 4) is 5.75 Å². The van der Waals surface area contributed by atoms with Crippen molar-refractivity contribution in [3.63, 3.8) is 0 Å². The predicted molar refractivity (Wildman–Crippen MR) is 109 cm³/mol. The Labute approximate surface area is 172 Å². The number of nitrogens with two attached hydrogens (primary N) is 1. The molecule has 1 aromatic rings. The highest BCUT2D eigenvalue weighted by Crippen LogP contribution is 2.50. The molecule has 0 aliphatic heterocycles. The van der Waals surface area contributed by atoms with Gasteiger partial charge in [-0.05, 0) is 50.3 Å². The van der Waals surface area contributed by atoms with Crippen LogP contribution in [0.3, 0.4) is 0 Å². The molecule has 2 saturated carbocycles. The molecule has 0 radical (unpaired) electrons. The van der Waals surface area contributed by atoms with E-state index in [1.54, 1.807) is 12.1 Å². The van der Waals surface area contributed by atoms with E-state index in [4.69, 9.17) is 15.2 Å². The first kappa shape index (κ1) is 22.9. The van der Waals surface area contributed by atoms with Crippen LogP contribution in [0.15, 0.2) is 18.2 Å². The largest absolute Gasteiger partial charge is 0.490 e. The molecule has 1 amide bonds. The summed E-state index contributed by atoms with van der Waals surface area (Å²) in [7, 11) is 0. The van der Waals surface area contributed by atoms with Crippen molar-refractivity contribution in [1.29, 1.82) is 0 Å². The molecular formula is C21H32ClFN2O3. The molecule has 1 aromatic carbocycles. The van der Waals surface area contributed by atoms with E-state index in [1.165, 1.54) is 6.07 Å². The number of benzene rings is 1. The number of nitrogens with one attached hydrogen (secondary N) is 1. The zero-order chi connectivity index (χ0) is 19.8. The van der Waals surface area contributed by atoms with E-state index in [0.29, 0.717) is 31.1 Å². The molecule has 2 aliphatic rings. The standard InChI is InChI=1S/C21H31FN2O3.ClH/c1-5-26-18-11-21(23,20(18,3)4)19(25)24-13(2)15-8-9-17(16(22)10-15)27-12-14-6-7-14;/h8-10,13-14,18H,5-7,11-12,23H2,1-4H3,(H,24,25);1H. The second-order valence-electron chi connectivity index (χ2n) is 8.48. The molecule has 0 spiro atoms. The molecule has 0 saturated heterocycles. The number of halogens is 2. The van der Waals surface area contributed by atoms with Crippen molar-refractivity contribution in [2.24, 2.45) is 17.1 Å². The Balaban J connectivity index is 0.00000280. The summed E-state index contributed by atoms with van der Waals surface area (Å²) in [6.45, 7) is 8.82. The van der Waals surface area contributed by atoms with Gasteiger partial charge in [-0.25, -0.2) is 4.39 Å². The summed E-state index contributed by atoms with van der Waals surface area (Å²) in [5.41, 5.74) is 5.64. The van der Waals surface area contributed by atoms with Gasteiger partial charge in [-0.1, -0.05) is 19.9 Å². The molecule has 5 nitrogen and oxygen atoms in total. The third-order valence-electron chi connectivity index (χ3n) is 6.21. The van der Waals surface area contributed by atoms with Gasteiger partial charge in [0, 0.05) is 18.4 Å². The van der Waals surface area contributed by atoms with Crippen LogP contribution in [0.5, 0.6) is 5.75 Å². The van der Waals surface area contributed by atoms with Crippen LogP contribution in [-0.2, 0) is 9.53 Å². The lowest BCUT2D eigenvalue weighted by Gasteiger charge is -2.57. The molecular weight excluding hydrogens is 383 g/mol. The van der Waals surface area contributed by atoms with Gasteiger partial charge in [0.25, 0.3) is 0 Å². The van der Waals surface area contributed by atoms with Crippen LogP contribution in [-0.4, -0.2) is 30.8 Å². The van der Waals surface area contributed by atoms with Crippen LogP contribution in [0.25, 0.3) is 0 Å². The number of ether oxygens (including phenoxy) is 2. The first-order chi connectivity index (χ1) is 12.7. The maximum absolute atomic E-state index is 14.3. The third-order valence-corrected chi connectivity index (χ3v) is 6.21. The molecule has 2 aliphatic carbocycles. The molecule has 3 unspecified atom stereocenters. The van der Waals surface area contributed by atoms with Crippen molar-refractivity contribution >= 4 is 18.3 Å². The van der Waals surface area contributed by atoms with Gasteiger partial charge in [0.2, 0.25) is 5.91 Å². The number of hydrogen-bond donors (Lipinski definition) is 2. The molecule has 0 heterocycles. The second-order valence-corrected chi connectivity index (χ2v) is 8.48. The zero-order valence-corrected chi connectivity index (χ0v) is 17.9. The van der Waals surface area contributed by atoms with Crippen molar-refractivity contribution < 1.29 is 18.7 Å². The fraction of sp³-hybridized carbons (Fsp3) is 0.667. The molecule has 158 valence electrons. The van der Waals surface area contributed by atoms with E-state index in [2.05, 4.69) is 5.32 Å². The third kappa shape index (κ3) is 4.29. The van der Waals surface area contributed by atoms with Gasteiger partial charge in [0.15, 0.2) is 11.6 Å². The van der Waals surface area contributed by atoms with E-state index < -0.39 is 16.8 Å². The molecule has 28 heavy (non-hydrogen) atoms. The number of amides is 1. The monoisotopic (exact) mass is 414 g/mol. The highest BCUT2D eigenvalue weighted by atomic mass is 35.5. The van der Waals surface area contributed by atoms with E-state index in [1.807, 2.05) is 27.7 Å². The zero-order valence-electron chi connectivity index (χ0n) is 17.1. The molecule has 7 heteroatoms. The highest BCUT2D eigenvalue weighted by Gasteiger charge is 2.62. The Morgan fingerprint density at radius 2 is 2.07 bits per heavy atom. The topological polar surface area (TPSA) is 73.6 Å². The van der Waals surface area contributed by atoms with Crippen molar-refractivity contribution in [1.82, 2.24) is 5.32 Å². The van der Waals surface area contributed by atoms with Gasteiger partial charge in [-0.2, -0.15) is 0 Å². The second kappa shape index (κ2) is 8.56. The van der Waals surface area contributed by atoms with Crippen molar-refractivity contribution in [3.05, 3.63) is 29.6 Å². The molecule has 3 rings (SSSR count). The fourth-order valence-corrected chi connectivity index (χ4v) is 3.62. The van der Waals surface area contributed by atoms with Crippen molar-refractivity contribution in [2.45, 2.75) is 64.6 Å². The number of rotatable bonds is 8. The lowest BCUT2D eigenvalue weighted by Crippen LogP contribution is -2.75. The first-order valence-electron chi connectivity index (χ1n) is 9.82. The average molecular weight is 415 g/mol. The Morgan fingerprint density at radius 1 is 1.39 bits per heavy atom. The first-order valence-corrected chi connectivity index (χ1v) is 9.82. The Kier molecular flexibility index (Phi) is 7.00. The Bertz CT molecular complexity index is 711. The number of carbonyl (C=O) groups excluding carboxylic acids is 1. The van der Waals surface area contributed by atoms with Crippen LogP contribution >= 0.6 is 12.4 Å². The van der Waals surface area contributed by atoms with Crippen LogP contribution in [0.4, 0.5) is 4.39 Å². The van der Waals surface area contributed by atoms with Crippen LogP contribution in [0, 0.1) is 17.2 Å².